The predicted molar refractivity (Wildman–Crippen MR) is 104 cm³/mol. The van der Waals surface area contributed by atoms with Crippen LogP contribution in [0.4, 0.5) is 0 Å². The number of piperidine rings is 2. The van der Waals surface area contributed by atoms with Crippen LogP contribution in [0.3, 0.4) is 0 Å². The molecule has 2 aliphatic heterocycles. The Labute approximate surface area is 164 Å². The second-order valence-electron chi connectivity index (χ2n) is 7.30. The van der Waals surface area contributed by atoms with Crippen molar-refractivity contribution in [3.05, 3.63) is 34.9 Å². The van der Waals surface area contributed by atoms with Gasteiger partial charge in [-0.25, -0.2) is 0 Å². The molecule has 0 aliphatic carbocycles. The Morgan fingerprint density at radius 1 is 1.11 bits per heavy atom. The Bertz CT molecular complexity index is 699. The zero-order chi connectivity index (χ0) is 19.4. The lowest BCUT2D eigenvalue weighted by Gasteiger charge is -2.40. The molecule has 2 saturated heterocycles. The molecule has 0 saturated carbocycles. The number of hydrogen-bond donors (Lipinski definition) is 1. The van der Waals surface area contributed by atoms with Gasteiger partial charge in [0.1, 0.15) is 6.04 Å². The molecule has 1 N–H and O–H groups in total. The molecule has 2 fully saturated rings. The summed E-state index contributed by atoms with van der Waals surface area (Å²) in [4.78, 5) is 40.8. The molecule has 1 aromatic carbocycles. The van der Waals surface area contributed by atoms with E-state index in [9.17, 15) is 14.4 Å². The second-order valence-corrected chi connectivity index (χ2v) is 7.74. The molecule has 2 aliphatic rings. The van der Waals surface area contributed by atoms with Crippen LogP contribution in [-0.4, -0.2) is 59.2 Å². The van der Waals surface area contributed by atoms with Crippen LogP contribution in [0.25, 0.3) is 0 Å². The molecule has 1 aromatic rings. The van der Waals surface area contributed by atoms with Crippen LogP contribution in [0, 0.1) is 0 Å². The molecule has 0 spiro atoms. The molecule has 0 aromatic heterocycles. The van der Waals surface area contributed by atoms with Crippen molar-refractivity contribution in [3.8, 4) is 0 Å². The van der Waals surface area contributed by atoms with E-state index in [-0.39, 0.29) is 23.8 Å². The summed E-state index contributed by atoms with van der Waals surface area (Å²) in [6, 6.07) is 6.21. The summed E-state index contributed by atoms with van der Waals surface area (Å²) in [6.07, 6.45) is 4.30. The fourth-order valence-corrected chi connectivity index (χ4v) is 3.95. The third kappa shape index (κ3) is 4.80. The van der Waals surface area contributed by atoms with Crippen molar-refractivity contribution >= 4 is 29.3 Å². The Hall–Kier alpha value is -2.08. The van der Waals surface area contributed by atoms with E-state index in [0.29, 0.717) is 30.1 Å². The normalized spacial score (nSPS) is 19.7. The number of benzene rings is 1. The SMILES string of the molecule is CC(NC(=O)c1ccc(Cl)cc1)C(=O)N1CCC(N2CCCCC2=O)CC1. The van der Waals surface area contributed by atoms with Gasteiger partial charge >= 0.3 is 0 Å². The van der Waals surface area contributed by atoms with E-state index in [2.05, 4.69) is 5.32 Å². The quantitative estimate of drug-likeness (QED) is 0.857. The van der Waals surface area contributed by atoms with E-state index >= 15 is 0 Å². The van der Waals surface area contributed by atoms with Crippen molar-refractivity contribution in [1.82, 2.24) is 15.1 Å². The first-order valence-corrected chi connectivity index (χ1v) is 9.98. The smallest absolute Gasteiger partial charge is 0.251 e. The highest BCUT2D eigenvalue weighted by molar-refractivity contribution is 6.30. The van der Waals surface area contributed by atoms with Crippen LogP contribution in [-0.2, 0) is 9.59 Å². The van der Waals surface area contributed by atoms with E-state index in [4.69, 9.17) is 11.6 Å². The summed E-state index contributed by atoms with van der Waals surface area (Å²) < 4.78 is 0. The minimum Gasteiger partial charge on any atom is -0.341 e. The average molecular weight is 392 g/mol. The van der Waals surface area contributed by atoms with Crippen molar-refractivity contribution < 1.29 is 14.4 Å². The van der Waals surface area contributed by atoms with Gasteiger partial charge in [0, 0.05) is 42.7 Å². The topological polar surface area (TPSA) is 69.7 Å². The summed E-state index contributed by atoms with van der Waals surface area (Å²) in [5, 5.41) is 3.32. The molecule has 3 amide bonds. The number of carbonyl (C=O) groups is 3. The summed E-state index contributed by atoms with van der Waals surface area (Å²) in [5.41, 5.74) is 0.473. The van der Waals surface area contributed by atoms with Crippen LogP contribution in [0.2, 0.25) is 5.02 Å². The lowest BCUT2D eigenvalue weighted by atomic mass is 9.99. The Kier molecular flexibility index (Phi) is 6.37. The Morgan fingerprint density at radius 2 is 1.78 bits per heavy atom. The van der Waals surface area contributed by atoms with E-state index < -0.39 is 6.04 Å². The molecule has 27 heavy (non-hydrogen) atoms. The molecule has 2 heterocycles. The van der Waals surface area contributed by atoms with Crippen molar-refractivity contribution in [1.29, 1.82) is 0 Å². The molecule has 1 unspecified atom stereocenters. The van der Waals surface area contributed by atoms with Gasteiger partial charge in [0.2, 0.25) is 11.8 Å². The second kappa shape index (κ2) is 8.74. The average Bonchev–Trinajstić information content (AvgIpc) is 2.68. The molecule has 0 bridgehead atoms. The highest BCUT2D eigenvalue weighted by Crippen LogP contribution is 2.22. The largest absolute Gasteiger partial charge is 0.341 e. The van der Waals surface area contributed by atoms with Crippen LogP contribution in [0.1, 0.15) is 49.4 Å². The van der Waals surface area contributed by atoms with E-state index in [1.807, 2.05) is 4.90 Å². The monoisotopic (exact) mass is 391 g/mol. The number of nitrogens with one attached hydrogen (secondary N) is 1. The molecular formula is C20H26ClN3O3. The lowest BCUT2D eigenvalue weighted by molar-refractivity contribution is -0.139. The molecule has 6 nitrogen and oxygen atoms in total. The van der Waals surface area contributed by atoms with Gasteiger partial charge in [-0.15, -0.1) is 0 Å². The van der Waals surface area contributed by atoms with Gasteiger partial charge in [-0.1, -0.05) is 11.6 Å². The minimum atomic E-state index is -0.596. The Balaban J connectivity index is 1.50. The third-order valence-electron chi connectivity index (χ3n) is 5.40. The highest BCUT2D eigenvalue weighted by Gasteiger charge is 2.32. The van der Waals surface area contributed by atoms with Gasteiger partial charge < -0.3 is 15.1 Å². The molecule has 7 heteroatoms. The van der Waals surface area contributed by atoms with Crippen LogP contribution >= 0.6 is 11.6 Å². The maximum absolute atomic E-state index is 12.7. The highest BCUT2D eigenvalue weighted by atomic mass is 35.5. The number of amides is 3. The maximum Gasteiger partial charge on any atom is 0.251 e. The molecule has 3 rings (SSSR count). The standard InChI is InChI=1S/C20H26ClN3O3/c1-14(22-19(26)15-5-7-16(21)8-6-15)20(27)23-12-9-17(10-13-23)24-11-3-2-4-18(24)25/h5-8,14,17H,2-4,9-13H2,1H3,(H,22,26). The first kappa shape index (κ1) is 19.7. The third-order valence-corrected chi connectivity index (χ3v) is 5.65. The van der Waals surface area contributed by atoms with Gasteiger partial charge in [0.15, 0.2) is 0 Å². The van der Waals surface area contributed by atoms with Crippen LogP contribution in [0.15, 0.2) is 24.3 Å². The zero-order valence-electron chi connectivity index (χ0n) is 15.6. The van der Waals surface area contributed by atoms with Crippen LogP contribution in [0.5, 0.6) is 0 Å². The summed E-state index contributed by atoms with van der Waals surface area (Å²) in [7, 11) is 0. The van der Waals surface area contributed by atoms with Gasteiger partial charge in [0.05, 0.1) is 0 Å². The predicted octanol–water partition coefficient (Wildman–Crippen LogP) is 2.46. The van der Waals surface area contributed by atoms with Crippen molar-refractivity contribution in [2.24, 2.45) is 0 Å². The molecular weight excluding hydrogens is 366 g/mol. The van der Waals surface area contributed by atoms with Gasteiger partial charge in [0.25, 0.3) is 5.91 Å². The number of carbonyl (C=O) groups excluding carboxylic acids is 3. The fraction of sp³-hybridized carbons (Fsp3) is 0.550. The number of rotatable bonds is 4. The molecule has 1 atom stereocenters. The minimum absolute atomic E-state index is 0.0827. The van der Waals surface area contributed by atoms with Crippen molar-refractivity contribution in [2.75, 3.05) is 19.6 Å². The summed E-state index contributed by atoms with van der Waals surface area (Å²) in [6.45, 7) is 3.78. The Morgan fingerprint density at radius 3 is 2.41 bits per heavy atom. The number of likely N-dealkylation sites (tertiary alicyclic amines) is 2. The van der Waals surface area contributed by atoms with Crippen molar-refractivity contribution in [2.45, 2.75) is 51.1 Å². The molecule has 146 valence electrons. The lowest BCUT2D eigenvalue weighted by Crippen LogP contribution is -2.53. The fourth-order valence-electron chi connectivity index (χ4n) is 3.83. The van der Waals surface area contributed by atoms with Crippen molar-refractivity contribution in [3.63, 3.8) is 0 Å². The van der Waals surface area contributed by atoms with E-state index in [0.717, 1.165) is 32.2 Å². The van der Waals surface area contributed by atoms with E-state index in [1.54, 1.807) is 36.1 Å². The number of nitrogens with zero attached hydrogens (tertiary/aromatic N) is 2. The van der Waals surface area contributed by atoms with E-state index in [1.165, 1.54) is 0 Å². The zero-order valence-corrected chi connectivity index (χ0v) is 16.4. The molecule has 0 radical (unpaired) electrons. The first-order chi connectivity index (χ1) is 13.0. The number of halogens is 1. The van der Waals surface area contributed by atoms with Gasteiger partial charge in [-0.05, 0) is 56.9 Å². The van der Waals surface area contributed by atoms with Crippen LogP contribution < -0.4 is 5.32 Å². The van der Waals surface area contributed by atoms with Gasteiger partial charge in [-0.2, -0.15) is 0 Å². The summed E-state index contributed by atoms with van der Waals surface area (Å²) >= 11 is 5.83. The summed E-state index contributed by atoms with van der Waals surface area (Å²) in [5.74, 6) is -0.128. The first-order valence-electron chi connectivity index (χ1n) is 9.60. The number of hydrogen-bond acceptors (Lipinski definition) is 3. The maximum atomic E-state index is 12.7. The van der Waals surface area contributed by atoms with Gasteiger partial charge in [-0.3, -0.25) is 14.4 Å².